The van der Waals surface area contributed by atoms with Crippen LogP contribution in [0.1, 0.15) is 26.3 Å². The summed E-state index contributed by atoms with van der Waals surface area (Å²) in [5.74, 6) is -0.433. The molecule has 0 atom stereocenters. The number of rotatable bonds is 5. The van der Waals surface area contributed by atoms with Crippen LogP contribution in [0, 0.1) is 0 Å². The number of hydrogen-bond donors (Lipinski definition) is 1. The number of ether oxygens (including phenoxy) is 1. The summed E-state index contributed by atoms with van der Waals surface area (Å²) >= 11 is 11.6. The highest BCUT2D eigenvalue weighted by atomic mass is 35.5. The number of halogens is 2. The Balaban J connectivity index is 1.55. The molecular weight excluding hydrogens is 399 g/mol. The summed E-state index contributed by atoms with van der Waals surface area (Å²) in [4.78, 5) is 24.0. The second kappa shape index (κ2) is 9.17. The molecule has 0 radical (unpaired) electrons. The van der Waals surface area contributed by atoms with Crippen LogP contribution in [-0.4, -0.2) is 18.1 Å². The van der Waals surface area contributed by atoms with Gasteiger partial charge in [-0.3, -0.25) is 4.79 Å². The first kappa shape index (κ1) is 19.6. The van der Waals surface area contributed by atoms with E-state index >= 15 is 0 Å². The van der Waals surface area contributed by atoms with Gasteiger partial charge in [0.15, 0.2) is 0 Å². The molecule has 5 nitrogen and oxygen atoms in total. The molecule has 28 heavy (non-hydrogen) atoms. The fraction of sp³-hybridized carbons (Fsp3) is 0. The summed E-state index contributed by atoms with van der Waals surface area (Å²) in [5, 5.41) is 5.01. The number of hydrazone groups is 1. The Hall–Kier alpha value is -3.15. The molecule has 3 aromatic rings. The average Bonchev–Trinajstić information content (AvgIpc) is 2.70. The number of amides is 1. The SMILES string of the molecule is O=C(NN=Cc1ccc(OC(=O)c2ccc(Cl)cc2)cc1)c1ccc(Cl)cc1. The van der Waals surface area contributed by atoms with Crippen LogP contribution in [0.2, 0.25) is 10.0 Å². The number of carbonyl (C=O) groups is 2. The van der Waals surface area contributed by atoms with E-state index in [0.717, 1.165) is 5.56 Å². The lowest BCUT2D eigenvalue weighted by atomic mass is 10.2. The fourth-order valence-corrected chi connectivity index (χ4v) is 2.46. The first-order valence-corrected chi connectivity index (χ1v) is 8.93. The van der Waals surface area contributed by atoms with Gasteiger partial charge < -0.3 is 4.74 Å². The molecule has 1 amide bonds. The molecule has 0 fully saturated rings. The summed E-state index contributed by atoms with van der Waals surface area (Å²) in [6.07, 6.45) is 1.48. The van der Waals surface area contributed by atoms with Crippen molar-refractivity contribution in [3.8, 4) is 5.75 Å². The lowest BCUT2D eigenvalue weighted by molar-refractivity contribution is 0.0734. The van der Waals surface area contributed by atoms with Crippen molar-refractivity contribution in [1.29, 1.82) is 0 Å². The zero-order valence-electron chi connectivity index (χ0n) is 14.4. The topological polar surface area (TPSA) is 67.8 Å². The molecule has 0 bridgehead atoms. The van der Waals surface area contributed by atoms with E-state index in [1.165, 1.54) is 6.21 Å². The first-order chi connectivity index (χ1) is 13.5. The fourth-order valence-electron chi connectivity index (χ4n) is 2.21. The molecule has 0 saturated carbocycles. The van der Waals surface area contributed by atoms with Gasteiger partial charge in [-0.1, -0.05) is 23.2 Å². The van der Waals surface area contributed by atoms with E-state index in [4.69, 9.17) is 27.9 Å². The van der Waals surface area contributed by atoms with Gasteiger partial charge in [0, 0.05) is 15.6 Å². The van der Waals surface area contributed by atoms with Crippen LogP contribution in [0.5, 0.6) is 5.75 Å². The van der Waals surface area contributed by atoms with Crippen LogP contribution >= 0.6 is 23.2 Å². The van der Waals surface area contributed by atoms with Crippen LogP contribution in [0.25, 0.3) is 0 Å². The lowest BCUT2D eigenvalue weighted by Gasteiger charge is -2.05. The van der Waals surface area contributed by atoms with E-state index in [-0.39, 0.29) is 5.91 Å². The molecule has 0 unspecified atom stereocenters. The van der Waals surface area contributed by atoms with E-state index in [1.807, 2.05) is 0 Å². The molecule has 7 heteroatoms. The largest absolute Gasteiger partial charge is 0.423 e. The van der Waals surface area contributed by atoms with Gasteiger partial charge in [0.25, 0.3) is 5.91 Å². The second-order valence-corrected chi connectivity index (χ2v) is 6.54. The maximum Gasteiger partial charge on any atom is 0.343 e. The Labute approximate surface area is 171 Å². The van der Waals surface area contributed by atoms with Crippen LogP contribution in [0.3, 0.4) is 0 Å². The Kier molecular flexibility index (Phi) is 6.42. The standard InChI is InChI=1S/C21H14Cl2N2O3/c22-17-7-3-15(4-8-17)20(26)25-24-13-14-1-11-19(12-2-14)28-21(27)16-5-9-18(23)10-6-16/h1-13H,(H,25,26). The molecule has 3 rings (SSSR count). The van der Waals surface area contributed by atoms with Crippen molar-refractivity contribution >= 4 is 41.3 Å². The number of benzene rings is 3. The molecule has 1 N–H and O–H groups in total. The summed E-state index contributed by atoms with van der Waals surface area (Å²) in [6.45, 7) is 0. The highest BCUT2D eigenvalue weighted by molar-refractivity contribution is 6.31. The Morgan fingerprint density at radius 2 is 1.32 bits per heavy atom. The third-order valence-electron chi connectivity index (χ3n) is 3.66. The predicted molar refractivity (Wildman–Crippen MR) is 109 cm³/mol. The van der Waals surface area contributed by atoms with Crippen molar-refractivity contribution < 1.29 is 14.3 Å². The smallest absolute Gasteiger partial charge is 0.343 e. The summed E-state index contributed by atoms with van der Waals surface area (Å²) in [6, 6.07) is 19.6. The maximum atomic E-state index is 12.1. The second-order valence-electron chi connectivity index (χ2n) is 5.67. The number of nitrogens with one attached hydrogen (secondary N) is 1. The maximum absolute atomic E-state index is 12.1. The van der Waals surface area contributed by atoms with Gasteiger partial charge in [0.2, 0.25) is 0 Å². The normalized spacial score (nSPS) is 10.6. The third kappa shape index (κ3) is 5.42. The molecule has 3 aromatic carbocycles. The minimum atomic E-state index is -0.478. The number of carbonyl (C=O) groups excluding carboxylic acids is 2. The molecule has 0 heterocycles. The highest BCUT2D eigenvalue weighted by Crippen LogP contribution is 2.15. The Morgan fingerprint density at radius 3 is 1.89 bits per heavy atom. The monoisotopic (exact) mass is 412 g/mol. The van der Waals surface area contributed by atoms with Gasteiger partial charge in [0.1, 0.15) is 5.75 Å². The van der Waals surface area contributed by atoms with E-state index in [9.17, 15) is 9.59 Å². The molecule has 140 valence electrons. The van der Waals surface area contributed by atoms with Gasteiger partial charge in [0.05, 0.1) is 11.8 Å². The molecule has 0 spiro atoms. The van der Waals surface area contributed by atoms with E-state index in [0.29, 0.717) is 26.9 Å². The highest BCUT2D eigenvalue weighted by Gasteiger charge is 2.08. The van der Waals surface area contributed by atoms with Crippen LogP contribution in [0.15, 0.2) is 77.9 Å². The Bertz CT molecular complexity index is 999. The number of hydrogen-bond acceptors (Lipinski definition) is 4. The van der Waals surface area contributed by atoms with Crippen molar-refractivity contribution in [3.05, 3.63) is 99.5 Å². The van der Waals surface area contributed by atoms with E-state index in [2.05, 4.69) is 10.5 Å². The summed E-state index contributed by atoms with van der Waals surface area (Å²) < 4.78 is 5.30. The first-order valence-electron chi connectivity index (χ1n) is 8.18. The van der Waals surface area contributed by atoms with Gasteiger partial charge in [-0.15, -0.1) is 0 Å². The van der Waals surface area contributed by atoms with Crippen molar-refractivity contribution in [2.24, 2.45) is 5.10 Å². The predicted octanol–water partition coefficient (Wildman–Crippen LogP) is 4.98. The minimum absolute atomic E-state index is 0.346. The van der Waals surface area contributed by atoms with Crippen LogP contribution in [-0.2, 0) is 0 Å². The van der Waals surface area contributed by atoms with Crippen molar-refractivity contribution in [1.82, 2.24) is 5.43 Å². The number of nitrogens with zero attached hydrogens (tertiary/aromatic N) is 1. The lowest BCUT2D eigenvalue weighted by Crippen LogP contribution is -2.17. The molecule has 0 aliphatic carbocycles. The number of esters is 1. The van der Waals surface area contributed by atoms with Crippen molar-refractivity contribution in [2.75, 3.05) is 0 Å². The van der Waals surface area contributed by atoms with Crippen molar-refractivity contribution in [2.45, 2.75) is 0 Å². The van der Waals surface area contributed by atoms with Crippen molar-refractivity contribution in [3.63, 3.8) is 0 Å². The van der Waals surface area contributed by atoms with Gasteiger partial charge in [-0.25, -0.2) is 10.2 Å². The molecular formula is C21H14Cl2N2O3. The Morgan fingerprint density at radius 1 is 0.786 bits per heavy atom. The zero-order chi connectivity index (χ0) is 19.9. The van der Waals surface area contributed by atoms with Crippen LogP contribution in [0.4, 0.5) is 0 Å². The quantitative estimate of drug-likeness (QED) is 0.278. The van der Waals surface area contributed by atoms with E-state index < -0.39 is 5.97 Å². The third-order valence-corrected chi connectivity index (χ3v) is 4.16. The van der Waals surface area contributed by atoms with E-state index in [1.54, 1.807) is 72.8 Å². The van der Waals surface area contributed by atoms with Gasteiger partial charge in [-0.2, -0.15) is 5.10 Å². The summed E-state index contributed by atoms with van der Waals surface area (Å²) in [5.41, 5.74) is 4.01. The molecule has 0 saturated heterocycles. The van der Waals surface area contributed by atoms with Gasteiger partial charge >= 0.3 is 5.97 Å². The molecule has 0 aliphatic heterocycles. The molecule has 0 aliphatic rings. The van der Waals surface area contributed by atoms with Crippen LogP contribution < -0.4 is 10.2 Å². The van der Waals surface area contributed by atoms with Gasteiger partial charge in [-0.05, 0) is 78.4 Å². The summed E-state index contributed by atoms with van der Waals surface area (Å²) in [7, 11) is 0. The average molecular weight is 413 g/mol. The zero-order valence-corrected chi connectivity index (χ0v) is 15.9. The minimum Gasteiger partial charge on any atom is -0.423 e. The molecule has 0 aromatic heterocycles.